The number of nitrogens with zero attached hydrogens (tertiary/aromatic N) is 4. The summed E-state index contributed by atoms with van der Waals surface area (Å²) in [7, 11) is 0. The van der Waals surface area contributed by atoms with Crippen molar-refractivity contribution in [3.8, 4) is 5.75 Å². The Morgan fingerprint density at radius 3 is 3.22 bits per heavy atom. The lowest BCUT2D eigenvalue weighted by Gasteiger charge is -2.28. The van der Waals surface area contributed by atoms with Crippen LogP contribution >= 0.6 is 0 Å². The van der Waals surface area contributed by atoms with Crippen LogP contribution in [0.3, 0.4) is 0 Å². The average Bonchev–Trinajstić information content (AvgIpc) is 3.38. The first-order chi connectivity index (χ1) is 13.3. The highest BCUT2D eigenvalue weighted by atomic mass is 16.5. The van der Waals surface area contributed by atoms with Gasteiger partial charge in [-0.05, 0) is 37.3 Å². The van der Waals surface area contributed by atoms with E-state index in [0.29, 0.717) is 12.6 Å². The summed E-state index contributed by atoms with van der Waals surface area (Å²) in [4.78, 5) is 18.2. The fourth-order valence-corrected chi connectivity index (χ4v) is 3.56. The minimum Gasteiger partial charge on any atom is -0.491 e. The number of nitrogens with one attached hydrogen (secondary N) is 2. The highest BCUT2D eigenvalue weighted by Crippen LogP contribution is 2.26. The van der Waals surface area contributed by atoms with Crippen LogP contribution in [-0.2, 0) is 0 Å². The van der Waals surface area contributed by atoms with Crippen LogP contribution in [0.2, 0.25) is 0 Å². The summed E-state index contributed by atoms with van der Waals surface area (Å²) in [6.45, 7) is 3.81. The lowest BCUT2D eigenvalue weighted by atomic mass is 10.1. The van der Waals surface area contributed by atoms with Crippen molar-refractivity contribution in [1.82, 2.24) is 19.9 Å². The minimum atomic E-state index is 0.0886. The standard InChI is InChI=1S/C20H24N6O/c1-15(23-14-25-20-11-22-13-24-20)26-9-3-5-17(26)12-27-19-6-2-4-16-7-8-21-10-18(16)19/h2,4,6-8,10-11,13-15,17H,3,5,9,12H2,1H3,(H,22,24)(H,23,25). The Morgan fingerprint density at radius 2 is 2.33 bits per heavy atom. The summed E-state index contributed by atoms with van der Waals surface area (Å²) in [6.07, 6.45) is 11.1. The molecule has 4 rings (SSSR count). The predicted molar refractivity (Wildman–Crippen MR) is 107 cm³/mol. The molecule has 1 saturated heterocycles. The smallest absolute Gasteiger partial charge is 0.128 e. The highest BCUT2D eigenvalue weighted by Gasteiger charge is 2.28. The summed E-state index contributed by atoms with van der Waals surface area (Å²) < 4.78 is 6.18. The van der Waals surface area contributed by atoms with Gasteiger partial charge in [0.05, 0.1) is 18.9 Å². The summed E-state index contributed by atoms with van der Waals surface area (Å²) in [6, 6.07) is 8.48. The van der Waals surface area contributed by atoms with Gasteiger partial charge in [0.2, 0.25) is 0 Å². The Kier molecular flexibility index (Phi) is 5.29. The van der Waals surface area contributed by atoms with Gasteiger partial charge in [-0.25, -0.2) is 4.98 Å². The third kappa shape index (κ3) is 4.09. The van der Waals surface area contributed by atoms with E-state index in [2.05, 4.69) is 43.2 Å². The second kappa shape index (κ2) is 8.18. The van der Waals surface area contributed by atoms with Crippen LogP contribution in [0.4, 0.5) is 5.82 Å². The minimum absolute atomic E-state index is 0.0886. The molecular weight excluding hydrogens is 340 g/mol. The van der Waals surface area contributed by atoms with Crippen LogP contribution in [0.1, 0.15) is 19.8 Å². The first-order valence-corrected chi connectivity index (χ1v) is 9.29. The van der Waals surface area contributed by atoms with E-state index in [4.69, 9.17) is 4.74 Å². The molecule has 1 aromatic carbocycles. The van der Waals surface area contributed by atoms with E-state index < -0.39 is 0 Å². The van der Waals surface area contributed by atoms with Crippen molar-refractivity contribution >= 4 is 22.9 Å². The van der Waals surface area contributed by atoms with Crippen LogP contribution in [0.25, 0.3) is 10.8 Å². The van der Waals surface area contributed by atoms with Crippen LogP contribution in [-0.4, -0.2) is 51.5 Å². The quantitative estimate of drug-likeness (QED) is 0.497. The second-order valence-corrected chi connectivity index (χ2v) is 6.72. The summed E-state index contributed by atoms with van der Waals surface area (Å²) >= 11 is 0. The molecule has 0 spiro atoms. The number of ether oxygens (including phenoxy) is 1. The number of aliphatic imine (C=N–C) groups is 1. The Bertz CT molecular complexity index is 889. The number of aromatic amines is 1. The first kappa shape index (κ1) is 17.5. The zero-order chi connectivity index (χ0) is 18.5. The predicted octanol–water partition coefficient (Wildman–Crippen LogP) is 3.29. The molecule has 0 amide bonds. The molecule has 140 valence electrons. The van der Waals surface area contributed by atoms with Crippen molar-refractivity contribution < 1.29 is 4.74 Å². The molecule has 0 radical (unpaired) electrons. The number of rotatable bonds is 7. The molecule has 1 aliphatic rings. The van der Waals surface area contributed by atoms with Gasteiger partial charge >= 0.3 is 0 Å². The average molecular weight is 364 g/mol. The molecule has 0 aliphatic carbocycles. The number of pyridine rings is 1. The first-order valence-electron chi connectivity index (χ1n) is 9.29. The molecule has 0 saturated carbocycles. The lowest BCUT2D eigenvalue weighted by molar-refractivity contribution is 0.141. The third-order valence-electron chi connectivity index (χ3n) is 4.99. The number of hydrogen-bond donors (Lipinski definition) is 2. The van der Waals surface area contributed by atoms with Gasteiger partial charge < -0.3 is 15.0 Å². The number of anilines is 1. The molecule has 2 aromatic heterocycles. The zero-order valence-corrected chi connectivity index (χ0v) is 15.4. The molecule has 7 nitrogen and oxygen atoms in total. The van der Waals surface area contributed by atoms with E-state index in [0.717, 1.165) is 35.3 Å². The van der Waals surface area contributed by atoms with Gasteiger partial charge in [-0.3, -0.25) is 14.9 Å². The van der Waals surface area contributed by atoms with E-state index in [1.807, 2.05) is 30.6 Å². The van der Waals surface area contributed by atoms with Gasteiger partial charge in [0.15, 0.2) is 0 Å². The molecule has 2 N–H and O–H groups in total. The lowest BCUT2D eigenvalue weighted by Crippen LogP contribution is -2.39. The molecule has 2 unspecified atom stereocenters. The van der Waals surface area contributed by atoms with Gasteiger partial charge in [0.25, 0.3) is 0 Å². The SMILES string of the molecule is CC(N=CNc1cnc[nH]1)N1CCCC1COc1cccc2ccncc12. The normalized spacial score (nSPS) is 18.9. The maximum absolute atomic E-state index is 6.18. The molecule has 3 heterocycles. The fourth-order valence-electron chi connectivity index (χ4n) is 3.56. The van der Waals surface area contributed by atoms with E-state index in [9.17, 15) is 0 Å². The van der Waals surface area contributed by atoms with Crippen LogP contribution in [0, 0.1) is 0 Å². The summed E-state index contributed by atoms with van der Waals surface area (Å²) in [5, 5.41) is 5.30. The van der Waals surface area contributed by atoms with Crippen molar-refractivity contribution in [3.05, 3.63) is 49.2 Å². The maximum atomic E-state index is 6.18. The van der Waals surface area contributed by atoms with Gasteiger partial charge in [0.1, 0.15) is 24.3 Å². The van der Waals surface area contributed by atoms with E-state index in [1.54, 1.807) is 18.9 Å². The molecule has 27 heavy (non-hydrogen) atoms. The number of benzene rings is 1. The second-order valence-electron chi connectivity index (χ2n) is 6.72. The van der Waals surface area contributed by atoms with Crippen molar-refractivity contribution in [2.45, 2.75) is 32.0 Å². The largest absolute Gasteiger partial charge is 0.491 e. The van der Waals surface area contributed by atoms with E-state index in [1.165, 1.54) is 6.42 Å². The monoisotopic (exact) mass is 364 g/mol. The number of hydrogen-bond acceptors (Lipinski definition) is 5. The Morgan fingerprint density at radius 1 is 1.37 bits per heavy atom. The molecular formula is C20H24N6O. The topological polar surface area (TPSA) is 78.4 Å². The van der Waals surface area contributed by atoms with E-state index in [-0.39, 0.29) is 6.17 Å². The van der Waals surface area contributed by atoms with Gasteiger partial charge in [-0.1, -0.05) is 12.1 Å². The third-order valence-corrected chi connectivity index (χ3v) is 4.99. The van der Waals surface area contributed by atoms with Crippen molar-refractivity contribution in [2.75, 3.05) is 18.5 Å². The molecule has 7 heteroatoms. The maximum Gasteiger partial charge on any atom is 0.128 e. The Labute approximate surface area is 158 Å². The number of imidazole rings is 1. The Hall–Kier alpha value is -2.93. The molecule has 3 aromatic rings. The molecule has 1 aliphatic heterocycles. The molecule has 0 bridgehead atoms. The number of likely N-dealkylation sites (tertiary alicyclic amines) is 1. The number of H-pyrrole nitrogens is 1. The van der Waals surface area contributed by atoms with Gasteiger partial charge in [-0.15, -0.1) is 0 Å². The van der Waals surface area contributed by atoms with Gasteiger partial charge in [0, 0.05) is 30.4 Å². The van der Waals surface area contributed by atoms with Crippen LogP contribution < -0.4 is 10.1 Å². The highest BCUT2D eigenvalue weighted by molar-refractivity contribution is 5.87. The van der Waals surface area contributed by atoms with E-state index >= 15 is 0 Å². The zero-order valence-electron chi connectivity index (χ0n) is 15.4. The van der Waals surface area contributed by atoms with Crippen molar-refractivity contribution in [1.29, 1.82) is 0 Å². The van der Waals surface area contributed by atoms with Crippen molar-refractivity contribution in [3.63, 3.8) is 0 Å². The number of fused-ring (bicyclic) bond motifs is 1. The molecule has 1 fully saturated rings. The van der Waals surface area contributed by atoms with Gasteiger partial charge in [-0.2, -0.15) is 0 Å². The summed E-state index contributed by atoms with van der Waals surface area (Å²) in [5.74, 6) is 1.72. The van der Waals surface area contributed by atoms with Crippen LogP contribution in [0.15, 0.2) is 54.2 Å². The number of aromatic nitrogens is 3. The summed E-state index contributed by atoms with van der Waals surface area (Å²) in [5.41, 5.74) is 0. The fraction of sp³-hybridized carbons (Fsp3) is 0.350. The Balaban J connectivity index is 1.37. The molecule has 2 atom stereocenters. The van der Waals surface area contributed by atoms with Crippen LogP contribution in [0.5, 0.6) is 5.75 Å². The van der Waals surface area contributed by atoms with Crippen molar-refractivity contribution in [2.24, 2.45) is 4.99 Å².